The fourth-order valence-electron chi connectivity index (χ4n) is 1.28. The van der Waals surface area contributed by atoms with Gasteiger partial charge in [0.25, 0.3) is 0 Å². The van der Waals surface area contributed by atoms with Crippen molar-refractivity contribution in [3.05, 3.63) is 22.7 Å². The van der Waals surface area contributed by atoms with Crippen molar-refractivity contribution in [1.29, 1.82) is 0 Å². The predicted molar refractivity (Wildman–Crippen MR) is 52.5 cm³/mol. The lowest BCUT2D eigenvalue weighted by atomic mass is 10.1. The summed E-state index contributed by atoms with van der Waals surface area (Å²) >= 11 is 1.23. The van der Waals surface area contributed by atoms with Crippen LogP contribution < -0.4 is 0 Å². The molecule has 5 heteroatoms. The number of aromatic nitrogens is 1. The van der Waals surface area contributed by atoms with E-state index in [0.717, 1.165) is 16.9 Å². The van der Waals surface area contributed by atoms with Crippen LogP contribution in [0.5, 0.6) is 0 Å². The van der Waals surface area contributed by atoms with Crippen LogP contribution in [0.2, 0.25) is 0 Å². The predicted octanol–water partition coefficient (Wildman–Crippen LogP) is 1.65. The van der Waals surface area contributed by atoms with Gasteiger partial charge >= 0.3 is 5.97 Å². The van der Waals surface area contributed by atoms with Crippen molar-refractivity contribution in [3.8, 4) is 0 Å². The van der Waals surface area contributed by atoms with E-state index in [-0.39, 0.29) is 5.69 Å². The first-order chi connectivity index (χ1) is 6.77. The second kappa shape index (κ2) is 3.89. The molecule has 1 aliphatic heterocycles. The third-order valence-electron chi connectivity index (χ3n) is 2.01. The SMILES string of the molecule is O=C(O)c1cc(C2=CCOCC2)sn1. The number of aromatic carboxylic acids is 1. The molecular weight excluding hydrogens is 202 g/mol. The van der Waals surface area contributed by atoms with Gasteiger partial charge in [-0.3, -0.25) is 0 Å². The molecule has 0 bridgehead atoms. The average Bonchev–Trinajstić information content (AvgIpc) is 2.68. The molecule has 0 fully saturated rings. The zero-order valence-corrected chi connectivity index (χ0v) is 8.21. The summed E-state index contributed by atoms with van der Waals surface area (Å²) in [6, 6.07) is 1.62. The molecule has 0 radical (unpaired) electrons. The largest absolute Gasteiger partial charge is 0.476 e. The van der Waals surface area contributed by atoms with E-state index in [1.165, 1.54) is 11.5 Å². The van der Waals surface area contributed by atoms with Gasteiger partial charge in [-0.25, -0.2) is 4.79 Å². The van der Waals surface area contributed by atoms with Gasteiger partial charge in [-0.2, -0.15) is 4.37 Å². The van der Waals surface area contributed by atoms with Crippen LogP contribution in [-0.4, -0.2) is 28.7 Å². The van der Waals surface area contributed by atoms with Gasteiger partial charge in [0.15, 0.2) is 5.69 Å². The lowest BCUT2D eigenvalue weighted by molar-refractivity contribution is 0.0692. The molecule has 2 rings (SSSR count). The van der Waals surface area contributed by atoms with Crippen molar-refractivity contribution >= 4 is 23.1 Å². The highest BCUT2D eigenvalue weighted by atomic mass is 32.1. The van der Waals surface area contributed by atoms with Crippen LogP contribution in [0.25, 0.3) is 5.57 Å². The summed E-state index contributed by atoms with van der Waals surface area (Å²) in [5.41, 5.74) is 1.26. The summed E-state index contributed by atoms with van der Waals surface area (Å²) in [6.07, 6.45) is 2.81. The lowest BCUT2D eigenvalue weighted by Crippen LogP contribution is -2.02. The van der Waals surface area contributed by atoms with E-state index in [1.54, 1.807) is 6.07 Å². The highest BCUT2D eigenvalue weighted by Crippen LogP contribution is 2.25. The van der Waals surface area contributed by atoms with Crippen molar-refractivity contribution in [3.63, 3.8) is 0 Å². The van der Waals surface area contributed by atoms with Crippen LogP contribution in [0, 0.1) is 0 Å². The molecule has 0 saturated heterocycles. The average molecular weight is 211 g/mol. The van der Waals surface area contributed by atoms with Crippen LogP contribution in [0.3, 0.4) is 0 Å². The number of carboxylic acid groups (broad SMARTS) is 1. The minimum absolute atomic E-state index is 0.123. The molecule has 14 heavy (non-hydrogen) atoms. The van der Waals surface area contributed by atoms with E-state index in [2.05, 4.69) is 4.37 Å². The first kappa shape index (κ1) is 9.36. The Hall–Kier alpha value is -1.20. The second-order valence-electron chi connectivity index (χ2n) is 2.94. The Bertz CT molecular complexity index is 383. The number of rotatable bonds is 2. The highest BCUT2D eigenvalue weighted by Gasteiger charge is 2.13. The van der Waals surface area contributed by atoms with Crippen LogP contribution in [0.1, 0.15) is 21.8 Å². The Morgan fingerprint density at radius 2 is 2.50 bits per heavy atom. The van der Waals surface area contributed by atoms with Gasteiger partial charge < -0.3 is 9.84 Å². The van der Waals surface area contributed by atoms with Crippen LogP contribution >= 0.6 is 11.5 Å². The van der Waals surface area contributed by atoms with Crippen molar-refractivity contribution in [2.75, 3.05) is 13.2 Å². The zero-order valence-electron chi connectivity index (χ0n) is 7.40. The van der Waals surface area contributed by atoms with E-state index in [9.17, 15) is 4.79 Å². The van der Waals surface area contributed by atoms with Crippen LogP contribution in [-0.2, 0) is 4.74 Å². The summed E-state index contributed by atoms with van der Waals surface area (Å²) in [5.74, 6) is -0.972. The number of nitrogens with zero attached hydrogens (tertiary/aromatic N) is 1. The first-order valence-electron chi connectivity index (χ1n) is 4.24. The number of carboxylic acids is 1. The van der Waals surface area contributed by atoms with E-state index in [0.29, 0.717) is 13.2 Å². The minimum Gasteiger partial charge on any atom is -0.476 e. The van der Waals surface area contributed by atoms with E-state index in [4.69, 9.17) is 9.84 Å². The number of ether oxygens (including phenoxy) is 1. The fourth-order valence-corrected chi connectivity index (χ4v) is 2.07. The maximum atomic E-state index is 10.6. The first-order valence-corrected chi connectivity index (χ1v) is 5.02. The molecule has 2 heterocycles. The second-order valence-corrected chi connectivity index (χ2v) is 3.74. The molecule has 74 valence electrons. The number of hydrogen-bond donors (Lipinski definition) is 1. The van der Waals surface area contributed by atoms with Crippen molar-refractivity contribution in [2.45, 2.75) is 6.42 Å². The van der Waals surface area contributed by atoms with Crippen molar-refractivity contribution in [1.82, 2.24) is 4.37 Å². The molecule has 0 unspecified atom stereocenters. The van der Waals surface area contributed by atoms with E-state index < -0.39 is 5.97 Å². The van der Waals surface area contributed by atoms with Gasteiger partial charge in [0.1, 0.15) is 0 Å². The summed E-state index contributed by atoms with van der Waals surface area (Å²) in [4.78, 5) is 11.5. The summed E-state index contributed by atoms with van der Waals surface area (Å²) in [7, 11) is 0. The standard InChI is InChI=1S/C9H9NO3S/c11-9(12)7-5-8(14-10-7)6-1-3-13-4-2-6/h1,5H,2-4H2,(H,11,12). The van der Waals surface area contributed by atoms with Crippen molar-refractivity contribution in [2.24, 2.45) is 0 Å². The van der Waals surface area contributed by atoms with Crippen LogP contribution in [0.15, 0.2) is 12.1 Å². The third kappa shape index (κ3) is 1.83. The maximum Gasteiger partial charge on any atom is 0.355 e. The third-order valence-corrected chi connectivity index (χ3v) is 2.87. The molecule has 0 saturated carbocycles. The quantitative estimate of drug-likeness (QED) is 0.808. The Balaban J connectivity index is 2.23. The molecule has 1 aromatic heterocycles. The smallest absolute Gasteiger partial charge is 0.355 e. The van der Waals surface area contributed by atoms with Gasteiger partial charge in [0.05, 0.1) is 18.1 Å². The molecule has 0 amide bonds. The number of carbonyl (C=O) groups is 1. The minimum atomic E-state index is -0.972. The summed E-state index contributed by atoms with van der Waals surface area (Å²) in [6.45, 7) is 1.31. The molecule has 0 aliphatic carbocycles. The molecule has 1 aromatic rings. The Labute approximate surface area is 85.0 Å². The Morgan fingerprint density at radius 1 is 1.64 bits per heavy atom. The normalized spacial score (nSPS) is 16.4. The molecule has 0 spiro atoms. The Kier molecular flexibility index (Phi) is 2.60. The van der Waals surface area contributed by atoms with E-state index >= 15 is 0 Å². The molecule has 0 atom stereocenters. The molecule has 4 nitrogen and oxygen atoms in total. The Morgan fingerprint density at radius 3 is 3.07 bits per heavy atom. The van der Waals surface area contributed by atoms with Gasteiger partial charge in [0.2, 0.25) is 0 Å². The molecular formula is C9H9NO3S. The fraction of sp³-hybridized carbons (Fsp3) is 0.333. The topological polar surface area (TPSA) is 59.4 Å². The monoisotopic (exact) mass is 211 g/mol. The highest BCUT2D eigenvalue weighted by molar-refractivity contribution is 7.07. The molecule has 1 N–H and O–H groups in total. The summed E-state index contributed by atoms with van der Waals surface area (Å²) < 4.78 is 9.02. The lowest BCUT2D eigenvalue weighted by Gasteiger charge is -2.10. The van der Waals surface area contributed by atoms with Gasteiger partial charge in [-0.1, -0.05) is 6.08 Å². The van der Waals surface area contributed by atoms with Crippen molar-refractivity contribution < 1.29 is 14.6 Å². The van der Waals surface area contributed by atoms with Gasteiger partial charge in [0, 0.05) is 0 Å². The van der Waals surface area contributed by atoms with Gasteiger partial charge in [-0.05, 0) is 29.6 Å². The maximum absolute atomic E-state index is 10.6. The molecule has 0 aromatic carbocycles. The molecule has 1 aliphatic rings. The number of hydrogen-bond acceptors (Lipinski definition) is 4. The summed E-state index contributed by atoms with van der Waals surface area (Å²) in [5, 5.41) is 8.70. The van der Waals surface area contributed by atoms with E-state index in [1.807, 2.05) is 6.08 Å². The van der Waals surface area contributed by atoms with Gasteiger partial charge in [-0.15, -0.1) is 0 Å². The van der Waals surface area contributed by atoms with Crippen LogP contribution in [0.4, 0.5) is 0 Å². The zero-order chi connectivity index (χ0) is 9.97.